The predicted molar refractivity (Wildman–Crippen MR) is 278 cm³/mol. The first-order valence-electron chi connectivity index (χ1n) is 22.7. The van der Waals surface area contributed by atoms with Crippen molar-refractivity contribution in [3.63, 3.8) is 0 Å². The summed E-state index contributed by atoms with van der Waals surface area (Å²) in [5, 5.41) is 9.84. The minimum Gasteiger partial charge on any atom is -0.455 e. The van der Waals surface area contributed by atoms with Crippen molar-refractivity contribution in [1.82, 2.24) is 4.57 Å². The summed E-state index contributed by atoms with van der Waals surface area (Å²) < 4.78 is 9.09. The summed E-state index contributed by atoms with van der Waals surface area (Å²) in [6.07, 6.45) is 0. The van der Waals surface area contributed by atoms with Crippen LogP contribution in [0.25, 0.3) is 115 Å². The van der Waals surface area contributed by atoms with E-state index < -0.39 is 0 Å². The Bertz CT molecular complexity index is 4130. The average molecular weight is 841 g/mol. The van der Waals surface area contributed by atoms with Crippen molar-refractivity contribution in [3.05, 3.63) is 230 Å². The number of aromatic nitrogens is 1. The first-order valence-corrected chi connectivity index (χ1v) is 22.7. The van der Waals surface area contributed by atoms with Crippen molar-refractivity contribution in [2.75, 3.05) is 4.90 Å². The molecule has 3 heterocycles. The van der Waals surface area contributed by atoms with Crippen molar-refractivity contribution < 1.29 is 4.42 Å². The predicted octanol–water partition coefficient (Wildman–Crippen LogP) is 17.7. The molecule has 0 amide bonds. The Kier molecular flexibility index (Phi) is 7.90. The topological polar surface area (TPSA) is 21.3 Å². The van der Waals surface area contributed by atoms with Crippen LogP contribution < -0.4 is 4.90 Å². The summed E-state index contributed by atoms with van der Waals surface area (Å²) in [4.78, 5) is 2.45. The van der Waals surface area contributed by atoms with E-state index in [0.29, 0.717) is 0 Å². The summed E-state index contributed by atoms with van der Waals surface area (Å²) >= 11 is 0. The highest BCUT2D eigenvalue weighted by molar-refractivity contribution is 6.18. The molecule has 14 rings (SSSR count). The molecule has 3 heteroatoms. The molecule has 13 aromatic rings. The summed E-state index contributed by atoms with van der Waals surface area (Å²) in [5.41, 5.74) is 19.2. The minimum absolute atomic E-state index is 0.895. The van der Waals surface area contributed by atoms with Crippen LogP contribution in [0.1, 0.15) is 5.56 Å². The Labute approximate surface area is 381 Å². The summed E-state index contributed by atoms with van der Waals surface area (Å²) in [6.45, 7) is 2.16. The van der Waals surface area contributed by atoms with Gasteiger partial charge in [0, 0.05) is 55.2 Å². The molecule has 308 valence electrons. The number of furan rings is 1. The fourth-order valence-electron chi connectivity index (χ4n) is 11.0. The smallest absolute Gasteiger partial charge is 0.143 e. The highest BCUT2D eigenvalue weighted by atomic mass is 16.3. The van der Waals surface area contributed by atoms with E-state index in [0.717, 1.165) is 50.1 Å². The van der Waals surface area contributed by atoms with Gasteiger partial charge in [-0.05, 0) is 105 Å². The molecule has 0 fully saturated rings. The number of hydrogen-bond donors (Lipinski definition) is 0. The molecule has 0 aliphatic carbocycles. The van der Waals surface area contributed by atoms with E-state index in [1.54, 1.807) is 0 Å². The zero-order valence-electron chi connectivity index (χ0n) is 36.2. The number of fused-ring (bicyclic) bond motifs is 14. The van der Waals surface area contributed by atoms with Gasteiger partial charge in [0.1, 0.15) is 11.2 Å². The molecule has 0 bridgehead atoms. The first-order chi connectivity index (χ1) is 32.6. The van der Waals surface area contributed by atoms with E-state index in [2.05, 4.69) is 235 Å². The zero-order chi connectivity index (χ0) is 43.5. The lowest BCUT2D eigenvalue weighted by molar-refractivity contribution is 0.670. The number of anilines is 3. The largest absolute Gasteiger partial charge is 0.455 e. The maximum Gasteiger partial charge on any atom is 0.143 e. The van der Waals surface area contributed by atoms with E-state index in [-0.39, 0.29) is 0 Å². The second-order valence-corrected chi connectivity index (χ2v) is 17.7. The fraction of sp³-hybridized carbons (Fsp3) is 0.0159. The van der Waals surface area contributed by atoms with Crippen LogP contribution in [-0.4, -0.2) is 4.57 Å². The van der Waals surface area contributed by atoms with Crippen LogP contribution in [0.15, 0.2) is 229 Å². The molecule has 66 heavy (non-hydrogen) atoms. The molecular weight excluding hydrogens is 801 g/mol. The molecule has 0 saturated carbocycles. The number of benzene rings is 11. The van der Waals surface area contributed by atoms with Gasteiger partial charge in [-0.25, -0.2) is 0 Å². The van der Waals surface area contributed by atoms with Crippen molar-refractivity contribution in [2.45, 2.75) is 6.92 Å². The SMILES string of the molecule is Cc1ccc2c(ccc3cc(-c4ccc(N(c5cccc(-c6cccc7c6oc6ccccc67)c5)c5cccc6c5-c5ccccc5-n5c7ccccc7c7cccc-6c75)cc4)ccc32)c1. The van der Waals surface area contributed by atoms with E-state index in [9.17, 15) is 0 Å². The first kappa shape index (κ1) is 36.8. The van der Waals surface area contributed by atoms with Crippen molar-refractivity contribution in [2.24, 2.45) is 0 Å². The summed E-state index contributed by atoms with van der Waals surface area (Å²) in [7, 11) is 0. The Hall–Kier alpha value is -8.66. The Morgan fingerprint density at radius 1 is 0.394 bits per heavy atom. The van der Waals surface area contributed by atoms with Crippen LogP contribution in [0.4, 0.5) is 17.1 Å². The lowest BCUT2D eigenvalue weighted by Gasteiger charge is -2.30. The summed E-state index contributed by atoms with van der Waals surface area (Å²) in [6, 6.07) is 82.4. The van der Waals surface area contributed by atoms with Crippen LogP contribution in [0.5, 0.6) is 0 Å². The van der Waals surface area contributed by atoms with Gasteiger partial charge in [0.05, 0.1) is 22.4 Å². The number of aryl methyl sites for hydroxylation is 1. The molecule has 0 spiro atoms. The lowest BCUT2D eigenvalue weighted by atomic mass is 9.91. The van der Waals surface area contributed by atoms with E-state index in [4.69, 9.17) is 4.42 Å². The molecular formula is C63H40N2O. The van der Waals surface area contributed by atoms with Gasteiger partial charge in [0.15, 0.2) is 0 Å². The van der Waals surface area contributed by atoms with Crippen LogP contribution >= 0.6 is 0 Å². The van der Waals surface area contributed by atoms with E-state index in [1.165, 1.54) is 88.0 Å². The van der Waals surface area contributed by atoms with Gasteiger partial charge in [-0.3, -0.25) is 0 Å². The van der Waals surface area contributed by atoms with Gasteiger partial charge in [0.2, 0.25) is 0 Å². The fourth-order valence-corrected chi connectivity index (χ4v) is 11.0. The van der Waals surface area contributed by atoms with Gasteiger partial charge < -0.3 is 13.9 Å². The third kappa shape index (κ3) is 5.44. The molecule has 0 radical (unpaired) electrons. The van der Waals surface area contributed by atoms with Crippen LogP contribution in [-0.2, 0) is 0 Å². The third-order valence-electron chi connectivity index (χ3n) is 14.0. The van der Waals surface area contributed by atoms with Crippen molar-refractivity contribution >= 4 is 82.4 Å². The van der Waals surface area contributed by atoms with Crippen LogP contribution in [0.2, 0.25) is 0 Å². The van der Waals surface area contributed by atoms with Gasteiger partial charge in [-0.15, -0.1) is 0 Å². The quantitative estimate of drug-likeness (QED) is 0.161. The standard InChI is InChI=1S/C63H40N2O/c1-39-26-34-47-43(36-39)27-28-44-37-41(31-35-48(44)47)40-29-32-45(33-30-40)64(46-13-8-12-42(38-46)49-17-9-21-55-51-15-4-7-25-60(51)66-63(49)55)59-24-11-18-52-54-20-10-19-53-50-14-2-5-22-57(50)65(62(53)54)58-23-6-3-16-56(58)61(52)59/h2-38H,1H3. The Morgan fingerprint density at radius 2 is 1.06 bits per heavy atom. The Balaban J connectivity index is 0.984. The third-order valence-corrected chi connectivity index (χ3v) is 14.0. The maximum absolute atomic E-state index is 6.61. The Morgan fingerprint density at radius 3 is 1.95 bits per heavy atom. The molecule has 0 atom stereocenters. The van der Waals surface area contributed by atoms with E-state index in [1.807, 2.05) is 6.07 Å². The highest BCUT2D eigenvalue weighted by Crippen LogP contribution is 2.52. The van der Waals surface area contributed by atoms with E-state index >= 15 is 0 Å². The molecule has 11 aromatic carbocycles. The van der Waals surface area contributed by atoms with Gasteiger partial charge in [-0.2, -0.15) is 0 Å². The monoisotopic (exact) mass is 840 g/mol. The molecule has 2 aromatic heterocycles. The number of hydrogen-bond acceptors (Lipinski definition) is 2. The maximum atomic E-state index is 6.61. The van der Waals surface area contributed by atoms with Gasteiger partial charge in [0.25, 0.3) is 0 Å². The minimum atomic E-state index is 0.895. The normalized spacial score (nSPS) is 12.0. The van der Waals surface area contributed by atoms with Gasteiger partial charge in [-0.1, -0.05) is 175 Å². The number of para-hydroxylation sites is 5. The van der Waals surface area contributed by atoms with Crippen LogP contribution in [0, 0.1) is 6.92 Å². The molecule has 0 saturated heterocycles. The van der Waals surface area contributed by atoms with Gasteiger partial charge >= 0.3 is 0 Å². The number of nitrogens with zero attached hydrogens (tertiary/aromatic N) is 2. The molecule has 1 aliphatic heterocycles. The van der Waals surface area contributed by atoms with Crippen LogP contribution in [0.3, 0.4) is 0 Å². The molecule has 0 N–H and O–H groups in total. The van der Waals surface area contributed by atoms with Crippen molar-refractivity contribution in [1.29, 1.82) is 0 Å². The molecule has 1 aliphatic rings. The average Bonchev–Trinajstić information content (AvgIpc) is 3.89. The second kappa shape index (κ2) is 14.2. The zero-order valence-corrected chi connectivity index (χ0v) is 36.2. The second-order valence-electron chi connectivity index (χ2n) is 17.7. The molecule has 3 nitrogen and oxygen atoms in total. The van der Waals surface area contributed by atoms with Crippen molar-refractivity contribution in [3.8, 4) is 50.2 Å². The lowest BCUT2D eigenvalue weighted by Crippen LogP contribution is -2.12. The molecule has 0 unspecified atom stereocenters. The number of rotatable bonds is 5. The summed E-state index contributed by atoms with van der Waals surface area (Å²) in [5.74, 6) is 0. The highest BCUT2D eigenvalue weighted by Gasteiger charge is 2.28.